The molecule has 0 spiro atoms. The minimum absolute atomic E-state index is 0.358. The fourth-order valence-electron chi connectivity index (χ4n) is 6.62. The molecule has 5 nitrogen and oxygen atoms in total. The van der Waals surface area contributed by atoms with Gasteiger partial charge in [-0.2, -0.15) is 31.6 Å². The van der Waals surface area contributed by atoms with Crippen LogP contribution in [0.25, 0.3) is 61.1 Å². The summed E-state index contributed by atoms with van der Waals surface area (Å²) in [6, 6.07) is 25.8. The fourth-order valence-corrected chi connectivity index (χ4v) is 6.62. The number of halogens is 6. The summed E-state index contributed by atoms with van der Waals surface area (Å²) in [5.41, 5.74) is 4.42. The largest absolute Gasteiger partial charge is 0.416 e. The van der Waals surface area contributed by atoms with Crippen LogP contribution in [0.5, 0.6) is 0 Å². The monoisotopic (exact) mass is 691 g/mol. The molecule has 0 aliphatic carbocycles. The van der Waals surface area contributed by atoms with E-state index in [9.17, 15) is 31.6 Å². The topological polar surface area (TPSA) is 67.4 Å². The van der Waals surface area contributed by atoms with Gasteiger partial charge in [-0.15, -0.1) is 0 Å². The average molecular weight is 692 g/mol. The second-order valence-corrected chi connectivity index (χ2v) is 12.5. The average Bonchev–Trinajstić information content (AvgIpc) is 3.39. The SMILES string of the molecule is Cc1cc(-c2ccc3c(c2)c2ccc(-c4ccc(C(F)(F)F)cc4C)cc2n3-c2cc(C#N)ccc2-c2nc(C)nc(C)n2)cc(C(F)(F)F)c1. The molecule has 0 N–H and O–H groups in total. The molecule has 5 aromatic carbocycles. The minimum Gasteiger partial charge on any atom is -0.308 e. The molecule has 11 heteroatoms. The van der Waals surface area contributed by atoms with E-state index < -0.39 is 23.5 Å². The highest BCUT2D eigenvalue weighted by atomic mass is 19.4. The first-order chi connectivity index (χ1) is 24.1. The van der Waals surface area contributed by atoms with Gasteiger partial charge in [0.1, 0.15) is 11.6 Å². The Kier molecular flexibility index (Phi) is 7.93. The normalized spacial score (nSPS) is 12.1. The third-order valence-corrected chi connectivity index (χ3v) is 8.84. The molecule has 0 amide bonds. The molecule has 0 aliphatic heterocycles. The molecule has 2 aromatic heterocycles. The van der Waals surface area contributed by atoms with E-state index in [1.807, 2.05) is 34.9 Å². The van der Waals surface area contributed by atoms with Crippen LogP contribution in [0.3, 0.4) is 0 Å². The Balaban J connectivity index is 1.55. The van der Waals surface area contributed by atoms with Gasteiger partial charge in [0.05, 0.1) is 39.5 Å². The van der Waals surface area contributed by atoms with Gasteiger partial charge in [0.25, 0.3) is 0 Å². The van der Waals surface area contributed by atoms with Crippen LogP contribution in [0, 0.1) is 39.0 Å². The van der Waals surface area contributed by atoms with Crippen LogP contribution in [-0.4, -0.2) is 19.5 Å². The molecular formula is C40H27F6N5. The predicted molar refractivity (Wildman–Crippen MR) is 184 cm³/mol. The van der Waals surface area contributed by atoms with E-state index in [0.29, 0.717) is 84.1 Å². The van der Waals surface area contributed by atoms with Crippen LogP contribution >= 0.6 is 0 Å². The van der Waals surface area contributed by atoms with Gasteiger partial charge < -0.3 is 4.57 Å². The van der Waals surface area contributed by atoms with E-state index in [4.69, 9.17) is 0 Å². The summed E-state index contributed by atoms with van der Waals surface area (Å²) < 4.78 is 83.9. The van der Waals surface area contributed by atoms with Crippen molar-refractivity contribution in [3.8, 4) is 45.4 Å². The Bertz CT molecular complexity index is 2550. The van der Waals surface area contributed by atoms with E-state index in [-0.39, 0.29) is 0 Å². The third kappa shape index (κ3) is 6.18. The highest BCUT2D eigenvalue weighted by molar-refractivity contribution is 6.12. The zero-order valence-electron chi connectivity index (χ0n) is 27.7. The Morgan fingerprint density at radius 3 is 1.92 bits per heavy atom. The number of alkyl halides is 6. The van der Waals surface area contributed by atoms with Gasteiger partial charge in [-0.3, -0.25) is 0 Å². The van der Waals surface area contributed by atoms with Crippen molar-refractivity contribution in [1.82, 2.24) is 19.5 Å². The molecule has 7 aromatic rings. The first-order valence-corrected chi connectivity index (χ1v) is 15.8. The van der Waals surface area contributed by atoms with Crippen LogP contribution in [0.2, 0.25) is 0 Å². The van der Waals surface area contributed by atoms with Crippen molar-refractivity contribution in [1.29, 1.82) is 5.26 Å². The molecular weight excluding hydrogens is 664 g/mol. The third-order valence-electron chi connectivity index (χ3n) is 8.84. The van der Waals surface area contributed by atoms with Gasteiger partial charge in [-0.05, 0) is 122 Å². The lowest BCUT2D eigenvalue weighted by atomic mass is 9.96. The minimum atomic E-state index is -4.53. The molecule has 254 valence electrons. The number of hydrogen-bond donors (Lipinski definition) is 0. The maximum Gasteiger partial charge on any atom is 0.416 e. The van der Waals surface area contributed by atoms with Gasteiger partial charge in [-0.1, -0.05) is 30.3 Å². The molecule has 0 fully saturated rings. The molecule has 0 aliphatic rings. The van der Waals surface area contributed by atoms with Crippen LogP contribution in [0.15, 0.2) is 91.0 Å². The quantitative estimate of drug-likeness (QED) is 0.172. The highest BCUT2D eigenvalue weighted by Crippen LogP contribution is 2.41. The fraction of sp³-hybridized carbons (Fsp3) is 0.150. The molecule has 0 unspecified atom stereocenters. The molecule has 7 rings (SSSR count). The Morgan fingerprint density at radius 1 is 0.569 bits per heavy atom. The maximum absolute atomic E-state index is 13.8. The Hall–Kier alpha value is -6.02. The molecule has 0 saturated carbocycles. The van der Waals surface area contributed by atoms with E-state index >= 15 is 0 Å². The summed E-state index contributed by atoms with van der Waals surface area (Å²) >= 11 is 0. The summed E-state index contributed by atoms with van der Waals surface area (Å²) in [5, 5.41) is 11.4. The second-order valence-electron chi connectivity index (χ2n) is 12.5. The first-order valence-electron chi connectivity index (χ1n) is 15.8. The number of benzene rings is 5. The lowest BCUT2D eigenvalue weighted by Gasteiger charge is -2.15. The van der Waals surface area contributed by atoms with E-state index in [2.05, 4.69) is 21.0 Å². The molecule has 0 radical (unpaired) electrons. The van der Waals surface area contributed by atoms with Crippen LogP contribution in [0.1, 0.15) is 39.5 Å². The molecule has 0 bridgehead atoms. The number of aromatic nitrogens is 4. The van der Waals surface area contributed by atoms with Gasteiger partial charge in [-0.25, -0.2) is 15.0 Å². The maximum atomic E-state index is 13.8. The zero-order chi connectivity index (χ0) is 36.4. The Morgan fingerprint density at radius 2 is 1.25 bits per heavy atom. The smallest absolute Gasteiger partial charge is 0.308 e. The van der Waals surface area contributed by atoms with Crippen molar-refractivity contribution >= 4 is 21.8 Å². The van der Waals surface area contributed by atoms with Gasteiger partial charge >= 0.3 is 12.4 Å². The zero-order valence-corrected chi connectivity index (χ0v) is 27.7. The number of nitriles is 1. The predicted octanol–water partition coefficient (Wildman–Crippen LogP) is 11.1. The lowest BCUT2D eigenvalue weighted by Crippen LogP contribution is -2.05. The van der Waals surface area contributed by atoms with Crippen molar-refractivity contribution in [2.24, 2.45) is 0 Å². The lowest BCUT2D eigenvalue weighted by molar-refractivity contribution is -0.138. The first kappa shape index (κ1) is 33.5. The molecule has 2 heterocycles. The summed E-state index contributed by atoms with van der Waals surface area (Å²) in [6.45, 7) is 6.73. The number of nitrogens with zero attached hydrogens (tertiary/aromatic N) is 5. The number of fused-ring (bicyclic) bond motifs is 3. The van der Waals surface area contributed by atoms with E-state index in [1.54, 1.807) is 58.0 Å². The van der Waals surface area contributed by atoms with Crippen LogP contribution in [-0.2, 0) is 12.4 Å². The van der Waals surface area contributed by atoms with Crippen molar-refractivity contribution in [3.63, 3.8) is 0 Å². The summed E-state index contributed by atoms with van der Waals surface area (Å²) in [6.07, 6.45) is -9.02. The van der Waals surface area contributed by atoms with Crippen molar-refractivity contribution in [2.45, 2.75) is 40.0 Å². The highest BCUT2D eigenvalue weighted by Gasteiger charge is 2.32. The van der Waals surface area contributed by atoms with Crippen molar-refractivity contribution in [2.75, 3.05) is 0 Å². The van der Waals surface area contributed by atoms with E-state index in [1.165, 1.54) is 6.07 Å². The van der Waals surface area contributed by atoms with Crippen LogP contribution < -0.4 is 0 Å². The number of aryl methyl sites for hydroxylation is 4. The van der Waals surface area contributed by atoms with Gasteiger partial charge in [0.2, 0.25) is 0 Å². The van der Waals surface area contributed by atoms with Crippen LogP contribution in [0.4, 0.5) is 26.3 Å². The van der Waals surface area contributed by atoms with Gasteiger partial charge in [0, 0.05) is 16.3 Å². The second kappa shape index (κ2) is 12.1. The Labute approximate surface area is 288 Å². The summed E-state index contributed by atoms with van der Waals surface area (Å²) in [5.74, 6) is 1.37. The van der Waals surface area contributed by atoms with Crippen molar-refractivity contribution in [3.05, 3.63) is 130 Å². The molecule has 0 atom stereocenters. The van der Waals surface area contributed by atoms with Gasteiger partial charge in [0.15, 0.2) is 5.82 Å². The van der Waals surface area contributed by atoms with E-state index in [0.717, 1.165) is 29.7 Å². The van der Waals surface area contributed by atoms with Crippen molar-refractivity contribution < 1.29 is 26.3 Å². The summed E-state index contributed by atoms with van der Waals surface area (Å²) in [7, 11) is 0. The summed E-state index contributed by atoms with van der Waals surface area (Å²) in [4.78, 5) is 13.5. The molecule has 0 saturated heterocycles. The standard InChI is InChI=1S/C40H27F6N5/c1-21-13-28(17-30(14-21)40(44,45)46)26-7-12-35-34(18-26)32-10-6-27(31-11-8-29(15-22(31)2)39(41,42)43)19-37(32)51(35)36-16-25(20-47)5-9-33(36)38-49-23(3)48-24(4)50-38/h5-19H,1-4H3. The number of hydrogen-bond acceptors (Lipinski definition) is 4. The number of rotatable bonds is 4. The molecule has 51 heavy (non-hydrogen) atoms.